The molecule has 136 valence electrons. The monoisotopic (exact) mass is 378 g/mol. The average molecular weight is 378 g/mol. The highest BCUT2D eigenvalue weighted by Crippen LogP contribution is 2.19. The lowest BCUT2D eigenvalue weighted by Gasteiger charge is -2.06. The van der Waals surface area contributed by atoms with Crippen LogP contribution in [0.3, 0.4) is 0 Å². The second kappa shape index (κ2) is 10.5. The number of ether oxygens (including phenoxy) is 1. The Hall–Kier alpha value is -3.42. The number of hydrogen-bond donors (Lipinski definition) is 2. The lowest BCUT2D eigenvalue weighted by Crippen LogP contribution is -2.27. The van der Waals surface area contributed by atoms with Crippen LogP contribution in [0.5, 0.6) is 5.75 Å². The van der Waals surface area contributed by atoms with Crippen molar-refractivity contribution in [3.8, 4) is 17.2 Å². The average Bonchev–Trinajstić information content (AvgIpc) is 2.70. The molecule has 0 saturated carbocycles. The Morgan fingerprint density at radius 2 is 1.85 bits per heavy atom. The zero-order valence-electron chi connectivity index (χ0n) is 14.7. The molecule has 7 heteroatoms. The predicted molar refractivity (Wildman–Crippen MR) is 105 cm³/mol. The Balaban J connectivity index is 1.85. The molecule has 6 nitrogen and oxygen atoms in total. The van der Waals surface area contributed by atoms with Gasteiger partial charge >= 0.3 is 0 Å². The van der Waals surface area contributed by atoms with Gasteiger partial charge in [0.2, 0.25) is 0 Å². The van der Waals surface area contributed by atoms with Crippen molar-refractivity contribution in [2.24, 2.45) is 0 Å². The van der Waals surface area contributed by atoms with Gasteiger partial charge in [-0.2, -0.15) is 10.5 Å². The van der Waals surface area contributed by atoms with Crippen LogP contribution in [0.1, 0.15) is 5.56 Å². The van der Waals surface area contributed by atoms with Crippen molar-refractivity contribution in [1.29, 1.82) is 10.5 Å². The molecule has 0 bridgehead atoms. The van der Waals surface area contributed by atoms with Crippen molar-refractivity contribution < 1.29 is 9.53 Å². The maximum atomic E-state index is 12.1. The predicted octanol–water partition coefficient (Wildman–Crippen LogP) is 3.45. The summed E-state index contributed by atoms with van der Waals surface area (Å²) in [5.41, 5.74) is 1.77. The van der Waals surface area contributed by atoms with Crippen LogP contribution in [-0.4, -0.2) is 19.6 Å². The van der Waals surface area contributed by atoms with Gasteiger partial charge in [0.05, 0.1) is 7.11 Å². The van der Waals surface area contributed by atoms with Gasteiger partial charge in [0.15, 0.2) is 0 Å². The van der Waals surface area contributed by atoms with E-state index in [1.807, 2.05) is 35.7 Å². The van der Waals surface area contributed by atoms with E-state index in [4.69, 9.17) is 10.00 Å². The van der Waals surface area contributed by atoms with Crippen molar-refractivity contribution in [3.63, 3.8) is 0 Å². The summed E-state index contributed by atoms with van der Waals surface area (Å²) in [5.74, 6) is 0.345. The first-order valence-corrected chi connectivity index (χ1v) is 8.92. The Morgan fingerprint density at radius 1 is 1.15 bits per heavy atom. The number of anilines is 1. The lowest BCUT2D eigenvalue weighted by atomic mass is 10.1. The van der Waals surface area contributed by atoms with Crippen LogP contribution >= 0.6 is 11.8 Å². The number of nitriles is 2. The highest BCUT2D eigenvalue weighted by molar-refractivity contribution is 8.03. The number of benzene rings is 2. The van der Waals surface area contributed by atoms with Crippen molar-refractivity contribution in [2.45, 2.75) is 11.3 Å². The van der Waals surface area contributed by atoms with E-state index in [9.17, 15) is 10.1 Å². The molecule has 0 saturated heterocycles. The SMILES string of the molecule is COc1ccc(CCNC(=O)/C(C#N)=C\Nc2ccc(SC#N)cc2)cc1. The normalized spacial score (nSPS) is 10.4. The molecule has 2 aromatic carbocycles. The number of methoxy groups -OCH3 is 1. The Kier molecular flexibility index (Phi) is 7.77. The van der Waals surface area contributed by atoms with Crippen LogP contribution in [-0.2, 0) is 11.2 Å². The highest BCUT2D eigenvalue weighted by atomic mass is 32.2. The third kappa shape index (κ3) is 6.43. The van der Waals surface area contributed by atoms with E-state index in [0.29, 0.717) is 13.0 Å². The van der Waals surface area contributed by atoms with E-state index in [0.717, 1.165) is 33.7 Å². The van der Waals surface area contributed by atoms with Gasteiger partial charge in [-0.1, -0.05) is 12.1 Å². The minimum atomic E-state index is -0.435. The number of carbonyl (C=O) groups is 1. The summed E-state index contributed by atoms with van der Waals surface area (Å²) in [6.45, 7) is 0.421. The topological polar surface area (TPSA) is 97.9 Å². The van der Waals surface area contributed by atoms with Crippen molar-refractivity contribution in [3.05, 3.63) is 65.9 Å². The number of amides is 1. The molecule has 0 fully saturated rings. The van der Waals surface area contributed by atoms with E-state index < -0.39 is 5.91 Å². The Morgan fingerprint density at radius 3 is 2.44 bits per heavy atom. The number of thiocyanates is 1. The van der Waals surface area contributed by atoms with Crippen LogP contribution in [0.15, 0.2) is 65.2 Å². The molecule has 0 spiro atoms. The van der Waals surface area contributed by atoms with Crippen LogP contribution in [0.2, 0.25) is 0 Å². The number of hydrogen-bond acceptors (Lipinski definition) is 6. The maximum Gasteiger partial charge on any atom is 0.263 e. The molecule has 27 heavy (non-hydrogen) atoms. The quantitative estimate of drug-likeness (QED) is 0.316. The molecule has 0 atom stereocenters. The van der Waals surface area contributed by atoms with E-state index in [-0.39, 0.29) is 5.57 Å². The van der Waals surface area contributed by atoms with Gasteiger partial charge < -0.3 is 15.4 Å². The van der Waals surface area contributed by atoms with Crippen LogP contribution < -0.4 is 15.4 Å². The van der Waals surface area contributed by atoms with E-state index in [1.54, 1.807) is 31.4 Å². The first-order chi connectivity index (χ1) is 13.2. The fourth-order valence-electron chi connectivity index (χ4n) is 2.18. The molecule has 0 heterocycles. The number of carbonyl (C=O) groups excluding carboxylic acids is 1. The summed E-state index contributed by atoms with van der Waals surface area (Å²) in [7, 11) is 1.61. The minimum absolute atomic E-state index is 0.0137. The Bertz CT molecular complexity index is 878. The minimum Gasteiger partial charge on any atom is -0.497 e. The molecular weight excluding hydrogens is 360 g/mol. The first kappa shape index (κ1) is 19.9. The van der Waals surface area contributed by atoms with Gasteiger partial charge in [-0.15, -0.1) is 0 Å². The van der Waals surface area contributed by atoms with E-state index in [2.05, 4.69) is 10.6 Å². The first-order valence-electron chi connectivity index (χ1n) is 8.10. The Labute approximate surface area is 162 Å². The van der Waals surface area contributed by atoms with E-state index in [1.165, 1.54) is 6.20 Å². The third-order valence-electron chi connectivity index (χ3n) is 3.62. The van der Waals surface area contributed by atoms with E-state index >= 15 is 0 Å². The summed E-state index contributed by atoms with van der Waals surface area (Å²) in [6, 6.07) is 16.6. The molecule has 0 unspecified atom stereocenters. The largest absolute Gasteiger partial charge is 0.497 e. The third-order valence-corrected chi connectivity index (χ3v) is 4.22. The lowest BCUT2D eigenvalue weighted by molar-refractivity contribution is -0.117. The molecule has 0 aliphatic rings. The summed E-state index contributed by atoms with van der Waals surface area (Å²) in [6.07, 6.45) is 2.02. The number of rotatable bonds is 8. The van der Waals surface area contributed by atoms with Crippen LogP contribution in [0.4, 0.5) is 5.69 Å². The molecule has 1 amide bonds. The van der Waals surface area contributed by atoms with Gasteiger partial charge in [-0.3, -0.25) is 4.79 Å². The van der Waals surface area contributed by atoms with Gasteiger partial charge in [0, 0.05) is 23.3 Å². The molecule has 0 radical (unpaired) electrons. The summed E-state index contributed by atoms with van der Waals surface area (Å²) < 4.78 is 5.10. The second-order valence-corrected chi connectivity index (χ2v) is 6.24. The molecule has 2 rings (SSSR count). The molecule has 0 aromatic heterocycles. The van der Waals surface area contributed by atoms with Crippen molar-refractivity contribution in [2.75, 3.05) is 19.0 Å². The van der Waals surface area contributed by atoms with Crippen LogP contribution in [0.25, 0.3) is 0 Å². The zero-order valence-corrected chi connectivity index (χ0v) is 15.5. The maximum absolute atomic E-state index is 12.1. The molecule has 0 aliphatic carbocycles. The van der Waals surface area contributed by atoms with Gasteiger partial charge in [-0.25, -0.2) is 0 Å². The molecule has 2 N–H and O–H groups in total. The second-order valence-electron chi connectivity index (χ2n) is 5.39. The molecule has 0 aliphatic heterocycles. The fraction of sp³-hybridized carbons (Fsp3) is 0.150. The van der Waals surface area contributed by atoms with Crippen LogP contribution in [0, 0.1) is 22.0 Å². The smallest absolute Gasteiger partial charge is 0.263 e. The molecule has 2 aromatic rings. The van der Waals surface area contributed by atoms with Gasteiger partial charge in [-0.05, 0) is 60.1 Å². The summed E-state index contributed by atoms with van der Waals surface area (Å²) in [5, 5.41) is 25.5. The standard InChI is InChI=1S/C20H18N4O2S/c1-26-18-6-2-15(3-7-18)10-11-23-20(25)16(12-21)13-24-17-4-8-19(9-5-17)27-14-22/h2-9,13,24H,10-11H2,1H3,(H,23,25)/b16-13-. The number of thioether (sulfide) groups is 1. The summed E-state index contributed by atoms with van der Waals surface area (Å²) in [4.78, 5) is 12.9. The number of nitrogens with one attached hydrogen (secondary N) is 2. The van der Waals surface area contributed by atoms with Crippen molar-refractivity contribution in [1.82, 2.24) is 5.32 Å². The van der Waals surface area contributed by atoms with Gasteiger partial charge in [0.25, 0.3) is 5.91 Å². The van der Waals surface area contributed by atoms with Gasteiger partial charge in [0.1, 0.15) is 22.8 Å². The number of nitrogens with zero attached hydrogens (tertiary/aromatic N) is 2. The van der Waals surface area contributed by atoms with Crippen molar-refractivity contribution >= 4 is 23.4 Å². The summed E-state index contributed by atoms with van der Waals surface area (Å²) >= 11 is 1.07. The molecular formula is C20H18N4O2S. The highest BCUT2D eigenvalue weighted by Gasteiger charge is 2.08. The fourth-order valence-corrected chi connectivity index (χ4v) is 2.56. The zero-order chi connectivity index (χ0) is 19.5.